The summed E-state index contributed by atoms with van der Waals surface area (Å²) in [6.07, 6.45) is 11.7. The molecule has 0 aliphatic heterocycles. The van der Waals surface area contributed by atoms with Crippen molar-refractivity contribution in [2.75, 3.05) is 0 Å². The molecule has 5 heteroatoms. The van der Waals surface area contributed by atoms with Gasteiger partial charge in [-0.3, -0.25) is 14.4 Å². The van der Waals surface area contributed by atoms with Crippen molar-refractivity contribution in [3.05, 3.63) is 23.3 Å². The monoisotopic (exact) mass is 498 g/mol. The fourth-order valence-corrected chi connectivity index (χ4v) is 8.54. The second-order valence-electron chi connectivity index (χ2n) is 12.9. The van der Waals surface area contributed by atoms with Gasteiger partial charge in [0.15, 0.2) is 0 Å². The number of fused-ring (bicyclic) bond motifs is 5. The zero-order chi connectivity index (χ0) is 26.4. The average Bonchev–Trinajstić information content (AvgIpc) is 3.14. The number of hydrogen-bond donors (Lipinski definition) is 0. The van der Waals surface area contributed by atoms with E-state index in [4.69, 9.17) is 9.47 Å². The highest BCUT2D eigenvalue weighted by atomic mass is 16.6. The lowest BCUT2D eigenvalue weighted by atomic mass is 9.49. The molecule has 5 nitrogen and oxygen atoms in total. The molecule has 0 spiro atoms. The number of hydrogen-bond acceptors (Lipinski definition) is 5. The Balaban J connectivity index is 1.59. The van der Waals surface area contributed by atoms with Crippen molar-refractivity contribution in [2.24, 2.45) is 40.4 Å². The molecule has 4 aliphatic carbocycles. The van der Waals surface area contributed by atoms with Crippen molar-refractivity contribution in [1.29, 1.82) is 0 Å². The smallest absolute Gasteiger partial charge is 0.302 e. The van der Waals surface area contributed by atoms with Crippen molar-refractivity contribution >= 4 is 17.7 Å². The third-order valence-corrected chi connectivity index (χ3v) is 10.5. The third-order valence-electron chi connectivity index (χ3n) is 10.5. The van der Waals surface area contributed by atoms with E-state index >= 15 is 0 Å². The summed E-state index contributed by atoms with van der Waals surface area (Å²) in [5.74, 6) is 1.99. The van der Waals surface area contributed by atoms with Crippen LogP contribution in [0.25, 0.3) is 0 Å². The van der Waals surface area contributed by atoms with Gasteiger partial charge >= 0.3 is 11.9 Å². The summed E-state index contributed by atoms with van der Waals surface area (Å²) < 4.78 is 11.6. The van der Waals surface area contributed by atoms with Crippen molar-refractivity contribution < 1.29 is 23.9 Å². The molecule has 8 atom stereocenters. The van der Waals surface area contributed by atoms with E-state index in [9.17, 15) is 14.4 Å². The molecule has 0 unspecified atom stereocenters. The summed E-state index contributed by atoms with van der Waals surface area (Å²) in [7, 11) is 0. The molecule has 0 aromatic heterocycles. The summed E-state index contributed by atoms with van der Waals surface area (Å²) in [6.45, 7) is 14.1. The highest BCUT2D eigenvalue weighted by molar-refractivity contribution is 5.80. The zero-order valence-electron chi connectivity index (χ0n) is 23.4. The summed E-state index contributed by atoms with van der Waals surface area (Å²) >= 11 is 0. The summed E-state index contributed by atoms with van der Waals surface area (Å²) in [5.41, 5.74) is 2.77. The molecule has 0 radical (unpaired) electrons. The number of carbonyl (C=O) groups excluding carboxylic acids is 3. The maximum Gasteiger partial charge on any atom is 0.302 e. The Kier molecular flexibility index (Phi) is 7.61. The molecule has 3 saturated carbocycles. The molecule has 0 bridgehead atoms. The van der Waals surface area contributed by atoms with E-state index in [-0.39, 0.29) is 40.9 Å². The van der Waals surface area contributed by atoms with E-state index in [1.54, 1.807) is 0 Å². The Morgan fingerprint density at radius 2 is 1.67 bits per heavy atom. The van der Waals surface area contributed by atoms with Gasteiger partial charge < -0.3 is 9.47 Å². The van der Waals surface area contributed by atoms with Crippen LogP contribution < -0.4 is 0 Å². The van der Waals surface area contributed by atoms with Crippen LogP contribution in [0, 0.1) is 40.4 Å². The van der Waals surface area contributed by atoms with E-state index < -0.39 is 0 Å². The van der Waals surface area contributed by atoms with Crippen LogP contribution in [0.2, 0.25) is 0 Å². The normalized spacial score (nSPS) is 38.2. The molecule has 0 aromatic carbocycles. The van der Waals surface area contributed by atoms with Gasteiger partial charge in [-0.15, -0.1) is 0 Å². The number of allylic oxidation sites excluding steroid dienone is 3. The van der Waals surface area contributed by atoms with Crippen molar-refractivity contribution in [1.82, 2.24) is 0 Å². The number of carbonyl (C=O) groups is 3. The number of esters is 2. The molecule has 0 heterocycles. The van der Waals surface area contributed by atoms with Gasteiger partial charge in [0, 0.05) is 44.4 Å². The zero-order valence-corrected chi connectivity index (χ0v) is 23.4. The topological polar surface area (TPSA) is 69.7 Å². The van der Waals surface area contributed by atoms with Gasteiger partial charge in [-0.05, 0) is 61.2 Å². The molecule has 3 fully saturated rings. The number of Topliss-reactive ketones (excluding diaryl/α,β-unsaturated/α-hetero) is 1. The molecule has 4 aliphatic rings. The van der Waals surface area contributed by atoms with Gasteiger partial charge in [0.1, 0.15) is 18.0 Å². The quantitative estimate of drug-likeness (QED) is 0.370. The van der Waals surface area contributed by atoms with Gasteiger partial charge in [-0.25, -0.2) is 0 Å². The highest BCUT2D eigenvalue weighted by Gasteiger charge is 2.60. The molecule has 36 heavy (non-hydrogen) atoms. The first-order chi connectivity index (χ1) is 16.9. The minimum Gasteiger partial charge on any atom is -0.462 e. The van der Waals surface area contributed by atoms with Crippen LogP contribution in [-0.2, 0) is 23.9 Å². The number of rotatable bonds is 7. The van der Waals surface area contributed by atoms with E-state index in [1.807, 2.05) is 13.8 Å². The van der Waals surface area contributed by atoms with E-state index in [0.29, 0.717) is 48.7 Å². The Hall–Kier alpha value is -1.91. The van der Waals surface area contributed by atoms with Crippen molar-refractivity contribution in [2.45, 2.75) is 112 Å². The first kappa shape index (κ1) is 27.1. The largest absolute Gasteiger partial charge is 0.462 e. The van der Waals surface area contributed by atoms with Crippen LogP contribution >= 0.6 is 0 Å². The summed E-state index contributed by atoms with van der Waals surface area (Å²) in [5, 5.41) is 0. The van der Waals surface area contributed by atoms with Gasteiger partial charge in [-0.1, -0.05) is 57.9 Å². The maximum atomic E-state index is 12.3. The van der Waals surface area contributed by atoms with Crippen LogP contribution in [0.4, 0.5) is 0 Å². The molecule has 0 amide bonds. The van der Waals surface area contributed by atoms with Crippen LogP contribution in [-0.4, -0.2) is 29.9 Å². The molecule has 0 saturated heterocycles. The van der Waals surface area contributed by atoms with Crippen LogP contribution in [0.1, 0.15) is 99.8 Å². The second kappa shape index (κ2) is 10.1. The first-order valence-corrected chi connectivity index (χ1v) is 14.2. The standard InChI is InChI=1S/C31H46O5/c1-18(2)28(34)13-8-19(3)25-11-12-26-24-10-9-22-16-23(35-20(4)32)17-29(36-21(5)33)31(22,7)27(24)14-15-30(25,26)6/h9-10,18-19,23,25-27,29H,8,11-17H2,1-7H3/t19-,23-,25-,26+,27+,29+,30-,31+/m1/s1. The Morgan fingerprint density at radius 3 is 2.31 bits per heavy atom. The number of ketones is 1. The van der Waals surface area contributed by atoms with Gasteiger partial charge in [0.25, 0.3) is 0 Å². The lowest BCUT2D eigenvalue weighted by Gasteiger charge is -2.57. The molecule has 4 rings (SSSR count). The third kappa shape index (κ3) is 4.72. The van der Waals surface area contributed by atoms with Crippen LogP contribution in [0.5, 0.6) is 0 Å². The average molecular weight is 499 g/mol. The minimum absolute atomic E-state index is 0.120. The molecule has 200 valence electrons. The highest BCUT2D eigenvalue weighted by Crippen LogP contribution is 2.66. The van der Waals surface area contributed by atoms with Gasteiger partial charge in [-0.2, -0.15) is 0 Å². The Labute approximate surface area is 217 Å². The molecule has 0 N–H and O–H groups in total. The lowest BCUT2D eigenvalue weighted by molar-refractivity contribution is -0.165. The lowest BCUT2D eigenvalue weighted by Crippen LogP contribution is -2.54. The Bertz CT molecular complexity index is 960. The second-order valence-corrected chi connectivity index (χ2v) is 12.9. The first-order valence-electron chi connectivity index (χ1n) is 14.2. The predicted octanol–water partition coefficient (Wildman–Crippen LogP) is 6.60. The number of ether oxygens (including phenoxy) is 2. The minimum atomic E-state index is -0.296. The summed E-state index contributed by atoms with van der Waals surface area (Å²) in [6, 6.07) is 0. The Morgan fingerprint density at radius 1 is 0.972 bits per heavy atom. The van der Waals surface area contributed by atoms with Crippen molar-refractivity contribution in [3.63, 3.8) is 0 Å². The van der Waals surface area contributed by atoms with E-state index in [1.165, 1.54) is 37.8 Å². The van der Waals surface area contributed by atoms with Crippen molar-refractivity contribution in [3.8, 4) is 0 Å². The molecular formula is C31H46O5. The van der Waals surface area contributed by atoms with Crippen LogP contribution in [0.3, 0.4) is 0 Å². The summed E-state index contributed by atoms with van der Waals surface area (Å²) in [4.78, 5) is 36.1. The van der Waals surface area contributed by atoms with Gasteiger partial charge in [0.2, 0.25) is 0 Å². The van der Waals surface area contributed by atoms with Gasteiger partial charge in [0.05, 0.1) is 0 Å². The van der Waals surface area contributed by atoms with E-state index in [2.05, 4.69) is 32.9 Å². The fourth-order valence-electron chi connectivity index (χ4n) is 8.54. The molecule has 0 aromatic rings. The maximum absolute atomic E-state index is 12.3. The predicted molar refractivity (Wildman–Crippen MR) is 140 cm³/mol. The van der Waals surface area contributed by atoms with Crippen LogP contribution in [0.15, 0.2) is 23.3 Å². The SMILES string of the molecule is CC(=O)O[C@@H]1CC2=CC=C3[C@@H]4CC[C@H]([C@H](C)CCC(=O)C(C)C)[C@@]4(C)CC[C@@H]3[C@@]2(C)[C@@H](OC(C)=O)C1. The fraction of sp³-hybridized carbons (Fsp3) is 0.774. The molecular weight excluding hydrogens is 452 g/mol. The van der Waals surface area contributed by atoms with E-state index in [0.717, 1.165) is 19.3 Å².